The van der Waals surface area contributed by atoms with Gasteiger partial charge in [-0.05, 0) is 36.6 Å². The fraction of sp³-hybridized carbons (Fsp3) is 0.353. The van der Waals surface area contributed by atoms with E-state index in [0.717, 1.165) is 12.1 Å². The van der Waals surface area contributed by atoms with Crippen molar-refractivity contribution in [1.82, 2.24) is 9.78 Å². The number of nitrogens with zero attached hydrogens (tertiary/aromatic N) is 3. The summed E-state index contributed by atoms with van der Waals surface area (Å²) in [5, 5.41) is 23.0. The first-order valence-electron chi connectivity index (χ1n) is 7.35. The molecule has 0 radical (unpaired) electrons. The van der Waals surface area contributed by atoms with Crippen LogP contribution in [0.5, 0.6) is 0 Å². The summed E-state index contributed by atoms with van der Waals surface area (Å²) in [6.07, 6.45) is 1.47. The number of carbonyl (C=O) groups is 1. The van der Waals surface area contributed by atoms with Gasteiger partial charge in [0.05, 0.1) is 28.7 Å². The lowest BCUT2D eigenvalue weighted by Crippen LogP contribution is -2.08. The number of carboxylic acid groups (broad SMARTS) is 1. The Morgan fingerprint density at radius 3 is 2.45 bits per heavy atom. The quantitative estimate of drug-likeness (QED) is 0.915. The maximum absolute atomic E-state index is 11.7. The Morgan fingerprint density at radius 2 is 2.00 bits per heavy atom. The van der Waals surface area contributed by atoms with Crippen molar-refractivity contribution in [3.05, 3.63) is 46.8 Å². The molecule has 5 nitrogen and oxygen atoms in total. The summed E-state index contributed by atoms with van der Waals surface area (Å²) in [5.41, 5.74) is 2.95. The van der Waals surface area contributed by atoms with Crippen LogP contribution in [0, 0.1) is 11.3 Å². The molecule has 0 bridgehead atoms. The van der Waals surface area contributed by atoms with Gasteiger partial charge in [0.2, 0.25) is 0 Å². The van der Waals surface area contributed by atoms with E-state index in [-0.39, 0.29) is 5.92 Å². The number of rotatable bonds is 5. The van der Waals surface area contributed by atoms with Gasteiger partial charge in [-0.15, -0.1) is 0 Å². The highest BCUT2D eigenvalue weighted by molar-refractivity contribution is 5.90. The zero-order chi connectivity index (χ0) is 16.3. The topological polar surface area (TPSA) is 78.9 Å². The van der Waals surface area contributed by atoms with Crippen molar-refractivity contribution >= 4 is 5.97 Å². The molecule has 5 heteroatoms. The molecular formula is C17H19N3O2. The van der Waals surface area contributed by atoms with Crippen molar-refractivity contribution in [3.8, 4) is 11.8 Å². The van der Waals surface area contributed by atoms with Crippen LogP contribution in [0.25, 0.3) is 5.69 Å². The summed E-state index contributed by atoms with van der Waals surface area (Å²) in [4.78, 5) is 11.7. The number of nitriles is 1. The zero-order valence-corrected chi connectivity index (χ0v) is 13.0. The van der Waals surface area contributed by atoms with Crippen LogP contribution in [0.1, 0.15) is 60.4 Å². The van der Waals surface area contributed by atoms with E-state index >= 15 is 0 Å². The first-order valence-corrected chi connectivity index (χ1v) is 7.35. The summed E-state index contributed by atoms with van der Waals surface area (Å²) in [5.74, 6) is -0.910. The van der Waals surface area contributed by atoms with Crippen LogP contribution < -0.4 is 0 Å². The van der Waals surface area contributed by atoms with Gasteiger partial charge < -0.3 is 5.11 Å². The molecule has 1 aromatic carbocycles. The molecular weight excluding hydrogens is 278 g/mol. The molecule has 1 aromatic heterocycles. The average Bonchev–Trinajstić information content (AvgIpc) is 2.87. The highest BCUT2D eigenvalue weighted by atomic mass is 16.4. The predicted octanol–water partition coefficient (Wildman–Crippen LogP) is 3.52. The minimum atomic E-state index is -0.938. The normalized spacial score (nSPS) is 10.7. The molecule has 0 saturated heterocycles. The molecule has 114 valence electrons. The Kier molecular flexibility index (Phi) is 4.62. The minimum absolute atomic E-state index is 0.0276. The number of hydrogen-bond acceptors (Lipinski definition) is 3. The van der Waals surface area contributed by atoms with E-state index in [1.165, 1.54) is 0 Å². The monoisotopic (exact) mass is 297 g/mol. The Morgan fingerprint density at radius 1 is 1.36 bits per heavy atom. The SMILES string of the molecule is CCCc1nn(-c2ccc(C#N)cc2)c(C(C)C)c1C(=O)O. The van der Waals surface area contributed by atoms with Gasteiger partial charge in [-0.25, -0.2) is 9.48 Å². The van der Waals surface area contributed by atoms with E-state index in [0.29, 0.717) is 28.9 Å². The molecule has 0 aliphatic heterocycles. The Bertz CT molecular complexity index is 722. The zero-order valence-electron chi connectivity index (χ0n) is 13.0. The first kappa shape index (κ1) is 15.8. The van der Waals surface area contributed by atoms with E-state index < -0.39 is 5.97 Å². The van der Waals surface area contributed by atoms with Crippen LogP contribution in [-0.2, 0) is 6.42 Å². The molecule has 0 aliphatic rings. The highest BCUT2D eigenvalue weighted by Crippen LogP contribution is 2.27. The van der Waals surface area contributed by atoms with Gasteiger partial charge in [0.25, 0.3) is 0 Å². The van der Waals surface area contributed by atoms with Crippen LogP contribution >= 0.6 is 0 Å². The molecule has 22 heavy (non-hydrogen) atoms. The lowest BCUT2D eigenvalue weighted by atomic mass is 10.0. The van der Waals surface area contributed by atoms with Gasteiger partial charge in [-0.2, -0.15) is 10.4 Å². The highest BCUT2D eigenvalue weighted by Gasteiger charge is 2.25. The van der Waals surface area contributed by atoms with Crippen LogP contribution in [0.15, 0.2) is 24.3 Å². The fourth-order valence-corrected chi connectivity index (χ4v) is 2.53. The predicted molar refractivity (Wildman–Crippen MR) is 83.3 cm³/mol. The van der Waals surface area contributed by atoms with Crippen molar-refractivity contribution in [2.75, 3.05) is 0 Å². The van der Waals surface area contributed by atoms with E-state index in [1.54, 1.807) is 28.9 Å². The van der Waals surface area contributed by atoms with Crippen LogP contribution in [0.2, 0.25) is 0 Å². The minimum Gasteiger partial charge on any atom is -0.478 e. The molecule has 0 aliphatic carbocycles. The Balaban J connectivity index is 2.66. The number of aryl methyl sites for hydroxylation is 1. The summed E-state index contributed by atoms with van der Waals surface area (Å²) in [7, 11) is 0. The smallest absolute Gasteiger partial charge is 0.339 e. The van der Waals surface area contributed by atoms with Crippen LogP contribution in [-0.4, -0.2) is 20.9 Å². The van der Waals surface area contributed by atoms with Crippen molar-refractivity contribution in [2.24, 2.45) is 0 Å². The van der Waals surface area contributed by atoms with Crippen molar-refractivity contribution in [1.29, 1.82) is 5.26 Å². The fourth-order valence-electron chi connectivity index (χ4n) is 2.53. The number of carboxylic acids is 1. The van der Waals surface area contributed by atoms with E-state index in [9.17, 15) is 9.90 Å². The van der Waals surface area contributed by atoms with E-state index in [4.69, 9.17) is 5.26 Å². The number of aromatic carboxylic acids is 1. The van der Waals surface area contributed by atoms with Gasteiger partial charge in [0.15, 0.2) is 0 Å². The van der Waals surface area contributed by atoms with Crippen molar-refractivity contribution < 1.29 is 9.90 Å². The lowest BCUT2D eigenvalue weighted by molar-refractivity contribution is 0.0694. The van der Waals surface area contributed by atoms with Crippen molar-refractivity contribution in [2.45, 2.75) is 39.5 Å². The van der Waals surface area contributed by atoms with Gasteiger partial charge in [-0.1, -0.05) is 27.2 Å². The molecule has 2 rings (SSSR count). The third-order valence-electron chi connectivity index (χ3n) is 3.48. The summed E-state index contributed by atoms with van der Waals surface area (Å²) < 4.78 is 1.69. The van der Waals surface area contributed by atoms with Crippen molar-refractivity contribution in [3.63, 3.8) is 0 Å². The van der Waals surface area contributed by atoms with Gasteiger partial charge >= 0.3 is 5.97 Å². The molecule has 1 N–H and O–H groups in total. The van der Waals surface area contributed by atoms with Gasteiger partial charge in [0.1, 0.15) is 5.56 Å². The number of hydrogen-bond donors (Lipinski definition) is 1. The summed E-state index contributed by atoms with van der Waals surface area (Å²) in [6, 6.07) is 9.07. The molecule has 0 spiro atoms. The molecule has 1 heterocycles. The third kappa shape index (κ3) is 2.86. The second-order valence-electron chi connectivity index (χ2n) is 5.49. The third-order valence-corrected chi connectivity index (χ3v) is 3.48. The second kappa shape index (κ2) is 6.44. The van der Waals surface area contributed by atoms with E-state index in [2.05, 4.69) is 11.2 Å². The van der Waals surface area contributed by atoms with Gasteiger partial charge in [0, 0.05) is 0 Å². The largest absolute Gasteiger partial charge is 0.478 e. The standard InChI is InChI=1S/C17H19N3O2/c1-4-5-14-15(17(21)22)16(11(2)3)20(19-14)13-8-6-12(10-18)7-9-13/h6-9,11H,4-5H2,1-3H3,(H,21,22). The summed E-state index contributed by atoms with van der Waals surface area (Å²) in [6.45, 7) is 5.92. The molecule has 0 unspecified atom stereocenters. The molecule has 0 atom stereocenters. The lowest BCUT2D eigenvalue weighted by Gasteiger charge is -2.11. The van der Waals surface area contributed by atoms with Gasteiger partial charge in [-0.3, -0.25) is 0 Å². The first-order chi connectivity index (χ1) is 10.5. The molecule has 0 amide bonds. The van der Waals surface area contributed by atoms with Crippen LogP contribution in [0.4, 0.5) is 0 Å². The molecule has 2 aromatic rings. The maximum Gasteiger partial charge on any atom is 0.339 e. The summed E-state index contributed by atoms with van der Waals surface area (Å²) >= 11 is 0. The maximum atomic E-state index is 11.7. The molecule has 0 saturated carbocycles. The second-order valence-corrected chi connectivity index (χ2v) is 5.49. The van der Waals surface area contributed by atoms with E-state index in [1.807, 2.05) is 20.8 Å². The number of benzene rings is 1. The van der Waals surface area contributed by atoms with Crippen LogP contribution in [0.3, 0.4) is 0 Å². The average molecular weight is 297 g/mol. The Hall–Kier alpha value is -2.61. The number of aromatic nitrogens is 2. The Labute approximate surface area is 129 Å². The molecule has 0 fully saturated rings.